The summed E-state index contributed by atoms with van der Waals surface area (Å²) in [5.74, 6) is -0.237. The average molecular weight is 330 g/mol. The molecule has 1 aromatic carbocycles. The van der Waals surface area contributed by atoms with Crippen LogP contribution in [0.25, 0.3) is 11.1 Å². The van der Waals surface area contributed by atoms with Crippen molar-refractivity contribution in [2.45, 2.75) is 64.5 Å². The highest BCUT2D eigenvalue weighted by Gasteiger charge is 2.25. The molecular weight excluding hydrogens is 304 g/mol. The molecule has 0 amide bonds. The van der Waals surface area contributed by atoms with Crippen molar-refractivity contribution >= 4 is 16.9 Å². The lowest BCUT2D eigenvalue weighted by molar-refractivity contribution is 0.0980. The van der Waals surface area contributed by atoms with Crippen LogP contribution < -0.4 is 11.1 Å². The first-order chi connectivity index (χ1) is 11.6. The Hall–Kier alpha value is -1.88. The summed E-state index contributed by atoms with van der Waals surface area (Å²) in [6.45, 7) is 5.12. The van der Waals surface area contributed by atoms with E-state index in [4.69, 9.17) is 4.42 Å². The fourth-order valence-electron chi connectivity index (χ4n) is 3.55. The number of Topliss-reactive ketones (excluding diaryl/α,β-unsaturated/α-hetero) is 1. The molecule has 0 aliphatic carbocycles. The number of oxazole rings is 1. The van der Waals surface area contributed by atoms with E-state index in [0.717, 1.165) is 31.3 Å². The first-order valence-electron chi connectivity index (χ1n) is 9.03. The lowest BCUT2D eigenvalue weighted by Crippen LogP contribution is -2.41. The number of carbonyl (C=O) groups is 1. The van der Waals surface area contributed by atoms with Crippen molar-refractivity contribution in [2.75, 3.05) is 6.54 Å². The molecule has 2 unspecified atom stereocenters. The first kappa shape index (κ1) is 17.0. The number of nitrogens with one attached hydrogen (secondary N) is 1. The Balaban J connectivity index is 1.91. The van der Waals surface area contributed by atoms with Gasteiger partial charge in [-0.15, -0.1) is 0 Å². The molecular formula is C19H26N2O3. The number of unbranched alkanes of at least 4 members (excludes halogenated alkanes) is 1. The van der Waals surface area contributed by atoms with Crippen molar-refractivity contribution in [2.24, 2.45) is 0 Å². The average Bonchev–Trinajstić information content (AvgIpc) is 2.94. The van der Waals surface area contributed by atoms with Crippen LogP contribution in [0.4, 0.5) is 0 Å². The third kappa shape index (κ3) is 3.31. The predicted octanol–water partition coefficient (Wildman–Crippen LogP) is 3.67. The lowest BCUT2D eigenvalue weighted by Gasteiger charge is -2.29. The molecule has 0 spiro atoms. The number of hydrogen-bond acceptors (Lipinski definition) is 4. The van der Waals surface area contributed by atoms with E-state index in [2.05, 4.69) is 19.2 Å². The number of rotatable bonds is 6. The number of aromatic nitrogens is 1. The molecule has 0 saturated carbocycles. The van der Waals surface area contributed by atoms with Gasteiger partial charge in [-0.05, 0) is 50.9 Å². The van der Waals surface area contributed by atoms with Crippen LogP contribution in [0.1, 0.15) is 68.8 Å². The maximum atomic E-state index is 12.4. The van der Waals surface area contributed by atoms with E-state index >= 15 is 0 Å². The molecule has 1 aliphatic heterocycles. The zero-order valence-electron chi connectivity index (χ0n) is 14.5. The molecule has 24 heavy (non-hydrogen) atoms. The number of ketones is 1. The Labute approximate surface area is 142 Å². The molecule has 1 N–H and O–H groups in total. The van der Waals surface area contributed by atoms with E-state index in [0.29, 0.717) is 17.6 Å². The molecule has 0 radical (unpaired) electrons. The van der Waals surface area contributed by atoms with Gasteiger partial charge in [0.25, 0.3) is 0 Å². The fourth-order valence-corrected chi connectivity index (χ4v) is 3.55. The quantitative estimate of drug-likeness (QED) is 0.821. The highest BCUT2D eigenvalue weighted by Crippen LogP contribution is 2.24. The van der Waals surface area contributed by atoms with Gasteiger partial charge >= 0.3 is 5.76 Å². The van der Waals surface area contributed by atoms with Crippen molar-refractivity contribution in [1.82, 2.24) is 9.88 Å². The van der Waals surface area contributed by atoms with Crippen molar-refractivity contribution in [1.29, 1.82) is 0 Å². The van der Waals surface area contributed by atoms with Gasteiger partial charge in [0.05, 0.1) is 11.6 Å². The van der Waals surface area contributed by atoms with Gasteiger partial charge in [-0.3, -0.25) is 9.36 Å². The summed E-state index contributed by atoms with van der Waals surface area (Å²) in [5.41, 5.74) is 1.90. The Morgan fingerprint density at radius 1 is 1.42 bits per heavy atom. The number of fused-ring (bicyclic) bond motifs is 1. The zero-order valence-corrected chi connectivity index (χ0v) is 14.5. The van der Waals surface area contributed by atoms with Gasteiger partial charge in [0.1, 0.15) is 0 Å². The Bertz CT molecular complexity index is 769. The van der Waals surface area contributed by atoms with Crippen LogP contribution in [0.2, 0.25) is 0 Å². The van der Waals surface area contributed by atoms with E-state index in [1.165, 1.54) is 12.8 Å². The second-order valence-corrected chi connectivity index (χ2v) is 6.74. The summed E-state index contributed by atoms with van der Waals surface area (Å²) >= 11 is 0. The van der Waals surface area contributed by atoms with Crippen LogP contribution in [0.5, 0.6) is 0 Å². The molecule has 1 fully saturated rings. The number of hydrogen-bond donors (Lipinski definition) is 1. The maximum Gasteiger partial charge on any atom is 0.420 e. The monoisotopic (exact) mass is 330 g/mol. The summed E-state index contributed by atoms with van der Waals surface area (Å²) in [7, 11) is 0. The minimum absolute atomic E-state index is 0.0284. The highest BCUT2D eigenvalue weighted by molar-refractivity contribution is 5.98. The second-order valence-electron chi connectivity index (χ2n) is 6.74. The Morgan fingerprint density at radius 3 is 2.96 bits per heavy atom. The van der Waals surface area contributed by atoms with Gasteiger partial charge in [-0.1, -0.05) is 19.8 Å². The van der Waals surface area contributed by atoms with E-state index in [1.807, 2.05) is 12.1 Å². The molecule has 1 aliphatic rings. The fraction of sp³-hybridized carbons (Fsp3) is 0.579. The molecule has 2 atom stereocenters. The third-order valence-electron chi connectivity index (χ3n) is 5.03. The van der Waals surface area contributed by atoms with Gasteiger partial charge in [-0.2, -0.15) is 0 Å². The zero-order chi connectivity index (χ0) is 17.1. The minimum atomic E-state index is -0.344. The highest BCUT2D eigenvalue weighted by atomic mass is 16.4. The largest absolute Gasteiger partial charge is 0.420 e. The molecule has 2 heterocycles. The number of benzene rings is 1. The Morgan fingerprint density at radius 2 is 2.25 bits per heavy atom. The van der Waals surface area contributed by atoms with Gasteiger partial charge in [0.2, 0.25) is 0 Å². The van der Waals surface area contributed by atoms with E-state index in [9.17, 15) is 9.59 Å². The van der Waals surface area contributed by atoms with Crippen LogP contribution >= 0.6 is 0 Å². The SMILES string of the molecule is CCCCC(=O)c1ccc2c(c1)oc(=O)n2C(C)C1CCCCN1. The predicted molar refractivity (Wildman–Crippen MR) is 94.7 cm³/mol. The second kappa shape index (κ2) is 7.34. The normalized spacial score (nSPS) is 19.5. The van der Waals surface area contributed by atoms with Gasteiger partial charge in [-0.25, -0.2) is 4.79 Å². The molecule has 1 saturated heterocycles. The van der Waals surface area contributed by atoms with Crippen molar-refractivity contribution in [3.05, 3.63) is 34.3 Å². The van der Waals surface area contributed by atoms with Crippen molar-refractivity contribution < 1.29 is 9.21 Å². The molecule has 2 aromatic rings. The van der Waals surface area contributed by atoms with E-state index in [1.54, 1.807) is 10.6 Å². The van der Waals surface area contributed by atoms with Crippen LogP contribution in [-0.4, -0.2) is 22.9 Å². The number of carbonyl (C=O) groups excluding carboxylic acids is 1. The number of nitrogens with zero attached hydrogens (tertiary/aromatic N) is 1. The molecule has 3 rings (SSSR count). The van der Waals surface area contributed by atoms with E-state index < -0.39 is 0 Å². The van der Waals surface area contributed by atoms with Crippen molar-refractivity contribution in [3.8, 4) is 0 Å². The summed E-state index contributed by atoms with van der Waals surface area (Å²) in [6, 6.07) is 5.68. The molecule has 130 valence electrons. The third-order valence-corrected chi connectivity index (χ3v) is 5.03. The van der Waals surface area contributed by atoms with Crippen LogP contribution in [0.3, 0.4) is 0 Å². The summed E-state index contributed by atoms with van der Waals surface area (Å²) in [4.78, 5) is 24.5. The van der Waals surface area contributed by atoms with Gasteiger partial charge in [0, 0.05) is 18.0 Å². The summed E-state index contributed by atoms with van der Waals surface area (Å²) in [5, 5.41) is 3.50. The minimum Gasteiger partial charge on any atom is -0.408 e. The van der Waals surface area contributed by atoms with Crippen LogP contribution in [0.15, 0.2) is 27.4 Å². The maximum absolute atomic E-state index is 12.4. The van der Waals surface area contributed by atoms with Gasteiger partial charge < -0.3 is 9.73 Å². The lowest BCUT2D eigenvalue weighted by atomic mass is 9.98. The van der Waals surface area contributed by atoms with E-state index in [-0.39, 0.29) is 23.6 Å². The standard InChI is InChI=1S/C19H26N2O3/c1-3-4-8-17(22)14-9-10-16-18(12-14)24-19(23)21(16)13(2)15-7-5-6-11-20-15/h9-10,12-13,15,20H,3-8,11H2,1-2H3. The summed E-state index contributed by atoms with van der Waals surface area (Å²) < 4.78 is 7.15. The van der Waals surface area contributed by atoms with Crippen LogP contribution in [0, 0.1) is 0 Å². The molecule has 5 nitrogen and oxygen atoms in total. The topological polar surface area (TPSA) is 64.2 Å². The van der Waals surface area contributed by atoms with Gasteiger partial charge in [0.15, 0.2) is 11.4 Å². The molecule has 1 aromatic heterocycles. The first-order valence-corrected chi connectivity index (χ1v) is 9.03. The molecule has 0 bridgehead atoms. The van der Waals surface area contributed by atoms with Crippen molar-refractivity contribution in [3.63, 3.8) is 0 Å². The van der Waals surface area contributed by atoms with Crippen LogP contribution in [-0.2, 0) is 0 Å². The molecule has 5 heteroatoms. The smallest absolute Gasteiger partial charge is 0.408 e. The Kier molecular flexibility index (Phi) is 5.19. The summed E-state index contributed by atoms with van der Waals surface area (Å²) in [6.07, 6.45) is 5.84. The number of piperidine rings is 1.